The van der Waals surface area contributed by atoms with Gasteiger partial charge < -0.3 is 10.1 Å². The van der Waals surface area contributed by atoms with Gasteiger partial charge >= 0.3 is 5.97 Å². The fraction of sp³-hybridized carbons (Fsp3) is 0.0952. The van der Waals surface area contributed by atoms with Crippen LogP contribution in [0.4, 0.5) is 5.00 Å². The van der Waals surface area contributed by atoms with Crippen LogP contribution in [-0.4, -0.2) is 18.5 Å². The Morgan fingerprint density at radius 3 is 2.61 bits per heavy atom. The van der Waals surface area contributed by atoms with E-state index in [0.717, 1.165) is 10.4 Å². The highest BCUT2D eigenvalue weighted by Crippen LogP contribution is 2.36. The van der Waals surface area contributed by atoms with Crippen molar-refractivity contribution in [3.63, 3.8) is 0 Å². The highest BCUT2D eigenvalue weighted by molar-refractivity contribution is 7.15. The van der Waals surface area contributed by atoms with Crippen LogP contribution in [0.3, 0.4) is 0 Å². The Hall–Kier alpha value is -3.21. The van der Waals surface area contributed by atoms with Gasteiger partial charge in [0.05, 0.1) is 6.61 Å². The number of rotatable bonds is 6. The van der Waals surface area contributed by atoms with Crippen molar-refractivity contribution in [2.45, 2.75) is 6.92 Å². The summed E-state index contributed by atoms with van der Waals surface area (Å²) in [5.74, 6) is -1.08. The molecule has 1 amide bonds. The van der Waals surface area contributed by atoms with Crippen molar-refractivity contribution in [1.82, 2.24) is 0 Å². The van der Waals surface area contributed by atoms with Crippen molar-refractivity contribution >= 4 is 45.6 Å². The number of carbonyl (C=O) groups excluding carboxylic acids is 2. The van der Waals surface area contributed by atoms with Crippen molar-refractivity contribution in [2.75, 3.05) is 11.9 Å². The molecule has 2 heterocycles. The molecule has 5 nitrogen and oxygen atoms in total. The summed E-state index contributed by atoms with van der Waals surface area (Å²) in [5.41, 5.74) is 1.78. The molecule has 0 spiro atoms. The third-order valence-corrected chi connectivity index (χ3v) is 5.49. The Morgan fingerprint density at radius 1 is 1.18 bits per heavy atom. The number of hydrogen-bond acceptors (Lipinski definition) is 6. The molecular weight excluding hydrogens is 392 g/mol. The second-order valence-electron chi connectivity index (χ2n) is 5.58. The standard InChI is InChI=1S/C21H16N2O3S2/c1-2-26-21(25)18-17(14-7-4-3-5-8-14)13-28-20(18)23-19(24)15(12-22)11-16-9-6-10-27-16/h3-11,13H,2H2,1H3,(H,23,24)/b15-11-. The zero-order valence-electron chi connectivity index (χ0n) is 15.0. The van der Waals surface area contributed by atoms with E-state index in [1.807, 2.05) is 53.9 Å². The zero-order chi connectivity index (χ0) is 19.9. The smallest absolute Gasteiger partial charge is 0.341 e. The van der Waals surface area contributed by atoms with Gasteiger partial charge in [-0.05, 0) is 30.0 Å². The average Bonchev–Trinajstić information content (AvgIpc) is 3.36. The topological polar surface area (TPSA) is 79.2 Å². The minimum atomic E-state index is -0.567. The summed E-state index contributed by atoms with van der Waals surface area (Å²) in [4.78, 5) is 26.0. The molecule has 0 aliphatic carbocycles. The van der Waals surface area contributed by atoms with Crippen LogP contribution in [0.5, 0.6) is 0 Å². The summed E-state index contributed by atoms with van der Waals surface area (Å²) >= 11 is 2.65. The number of hydrogen-bond donors (Lipinski definition) is 1. The number of thiophene rings is 2. The van der Waals surface area contributed by atoms with E-state index in [4.69, 9.17) is 4.74 Å². The van der Waals surface area contributed by atoms with Crippen LogP contribution in [-0.2, 0) is 9.53 Å². The Balaban J connectivity index is 1.95. The molecule has 1 aromatic carbocycles. The average molecular weight is 409 g/mol. The van der Waals surface area contributed by atoms with Gasteiger partial charge in [-0.15, -0.1) is 22.7 Å². The van der Waals surface area contributed by atoms with Crippen molar-refractivity contribution in [3.05, 3.63) is 69.2 Å². The molecule has 0 bridgehead atoms. The lowest BCUT2D eigenvalue weighted by atomic mass is 10.0. The fourth-order valence-corrected chi connectivity index (χ4v) is 4.13. The molecule has 0 saturated carbocycles. The first-order valence-electron chi connectivity index (χ1n) is 8.44. The monoisotopic (exact) mass is 408 g/mol. The number of anilines is 1. The molecule has 7 heteroatoms. The first-order valence-corrected chi connectivity index (χ1v) is 10.2. The first-order chi connectivity index (χ1) is 13.6. The Bertz CT molecular complexity index is 1050. The lowest BCUT2D eigenvalue weighted by Gasteiger charge is -2.08. The van der Waals surface area contributed by atoms with Crippen LogP contribution in [0.15, 0.2) is 58.8 Å². The second-order valence-corrected chi connectivity index (χ2v) is 7.44. The Labute approximate surface area is 170 Å². The van der Waals surface area contributed by atoms with Crippen molar-refractivity contribution < 1.29 is 14.3 Å². The van der Waals surface area contributed by atoms with Gasteiger partial charge in [0.25, 0.3) is 5.91 Å². The van der Waals surface area contributed by atoms with E-state index in [1.54, 1.807) is 12.3 Å². The van der Waals surface area contributed by atoms with Gasteiger partial charge in [-0.1, -0.05) is 36.4 Å². The fourth-order valence-electron chi connectivity index (χ4n) is 2.52. The third-order valence-electron chi connectivity index (χ3n) is 3.78. The van der Waals surface area contributed by atoms with Crippen LogP contribution in [0, 0.1) is 11.3 Å². The molecule has 3 aromatic rings. The number of nitriles is 1. The molecule has 28 heavy (non-hydrogen) atoms. The predicted molar refractivity (Wildman–Crippen MR) is 112 cm³/mol. The minimum absolute atomic E-state index is 0.0353. The molecule has 0 unspecified atom stereocenters. The van der Waals surface area contributed by atoms with Crippen molar-refractivity contribution in [2.24, 2.45) is 0 Å². The summed E-state index contributed by atoms with van der Waals surface area (Å²) in [6.45, 7) is 1.94. The van der Waals surface area contributed by atoms with E-state index >= 15 is 0 Å². The van der Waals surface area contributed by atoms with Crippen LogP contribution >= 0.6 is 22.7 Å². The molecule has 0 aliphatic heterocycles. The van der Waals surface area contributed by atoms with Crippen LogP contribution in [0.25, 0.3) is 17.2 Å². The SMILES string of the molecule is CCOC(=O)c1c(-c2ccccc2)csc1NC(=O)/C(C#N)=C\c1cccs1. The van der Waals surface area contributed by atoms with Crippen molar-refractivity contribution in [1.29, 1.82) is 5.26 Å². The van der Waals surface area contributed by atoms with Gasteiger partial charge in [0, 0.05) is 15.8 Å². The van der Waals surface area contributed by atoms with Gasteiger partial charge in [-0.25, -0.2) is 4.79 Å². The molecule has 0 aliphatic rings. The van der Waals surface area contributed by atoms with Crippen LogP contribution in [0.1, 0.15) is 22.2 Å². The predicted octanol–water partition coefficient (Wildman–Crippen LogP) is 5.20. The molecule has 2 aromatic heterocycles. The maximum absolute atomic E-state index is 12.6. The van der Waals surface area contributed by atoms with Gasteiger partial charge in [0.15, 0.2) is 0 Å². The number of carbonyl (C=O) groups is 2. The third kappa shape index (κ3) is 4.36. The van der Waals surface area contributed by atoms with Crippen LogP contribution < -0.4 is 5.32 Å². The van der Waals surface area contributed by atoms with E-state index in [1.165, 1.54) is 28.7 Å². The summed E-state index contributed by atoms with van der Waals surface area (Å²) in [5, 5.41) is 16.1. The number of esters is 1. The number of amides is 1. The largest absolute Gasteiger partial charge is 0.462 e. The Kier molecular flexibility index (Phi) is 6.37. The van der Waals surface area contributed by atoms with Gasteiger partial charge in [0.1, 0.15) is 22.2 Å². The van der Waals surface area contributed by atoms with E-state index in [-0.39, 0.29) is 12.2 Å². The Morgan fingerprint density at radius 2 is 1.96 bits per heavy atom. The lowest BCUT2D eigenvalue weighted by Crippen LogP contribution is -2.16. The van der Waals surface area contributed by atoms with E-state index < -0.39 is 11.9 Å². The van der Waals surface area contributed by atoms with Crippen molar-refractivity contribution in [3.8, 4) is 17.2 Å². The second kappa shape index (κ2) is 9.13. The lowest BCUT2D eigenvalue weighted by molar-refractivity contribution is -0.112. The minimum Gasteiger partial charge on any atom is -0.462 e. The molecule has 140 valence electrons. The molecule has 0 radical (unpaired) electrons. The highest BCUT2D eigenvalue weighted by Gasteiger charge is 2.23. The molecule has 1 N–H and O–H groups in total. The highest BCUT2D eigenvalue weighted by atomic mass is 32.1. The molecule has 3 rings (SSSR count). The number of ether oxygens (including phenoxy) is 1. The zero-order valence-corrected chi connectivity index (χ0v) is 16.6. The van der Waals surface area contributed by atoms with E-state index in [0.29, 0.717) is 16.1 Å². The number of nitrogens with zero attached hydrogens (tertiary/aromatic N) is 1. The maximum Gasteiger partial charge on any atom is 0.341 e. The summed E-state index contributed by atoms with van der Waals surface area (Å²) < 4.78 is 5.18. The molecule has 0 fully saturated rings. The molecule has 0 atom stereocenters. The van der Waals surface area contributed by atoms with Gasteiger partial charge in [0.2, 0.25) is 0 Å². The van der Waals surface area contributed by atoms with Gasteiger partial charge in [-0.3, -0.25) is 4.79 Å². The molecular formula is C21H16N2O3S2. The summed E-state index contributed by atoms with van der Waals surface area (Å²) in [6.07, 6.45) is 1.52. The normalized spacial score (nSPS) is 10.9. The summed E-state index contributed by atoms with van der Waals surface area (Å²) in [6, 6.07) is 15.0. The van der Waals surface area contributed by atoms with Crippen LogP contribution in [0.2, 0.25) is 0 Å². The van der Waals surface area contributed by atoms with E-state index in [2.05, 4.69) is 5.32 Å². The maximum atomic E-state index is 12.6. The summed E-state index contributed by atoms with van der Waals surface area (Å²) in [7, 11) is 0. The first kappa shape index (κ1) is 19.5. The number of nitrogens with one attached hydrogen (secondary N) is 1. The quantitative estimate of drug-likeness (QED) is 0.345. The molecule has 0 saturated heterocycles. The van der Waals surface area contributed by atoms with Gasteiger partial charge in [-0.2, -0.15) is 5.26 Å². The van der Waals surface area contributed by atoms with E-state index in [9.17, 15) is 14.9 Å². The number of benzene rings is 1.